The monoisotopic (exact) mass is 404 g/mol. The third kappa shape index (κ3) is 5.99. The van der Waals surface area contributed by atoms with Crippen molar-refractivity contribution in [1.82, 2.24) is 14.3 Å². The summed E-state index contributed by atoms with van der Waals surface area (Å²) in [4.78, 5) is 21.4. The van der Waals surface area contributed by atoms with Crippen LogP contribution in [-0.2, 0) is 11.2 Å². The maximum Gasteiger partial charge on any atom is 0.222 e. The first-order valence-electron chi connectivity index (χ1n) is 10.3. The zero-order chi connectivity index (χ0) is 19.8. The molecular formula is C21H29FN4OS. The number of aromatic nitrogens is 2. The number of carbonyl (C=O) groups is 1. The maximum absolute atomic E-state index is 13.0. The van der Waals surface area contributed by atoms with Gasteiger partial charge in [0, 0.05) is 50.6 Å². The highest BCUT2D eigenvalue weighted by atomic mass is 32.1. The number of unbranched alkanes of at least 4 members (excludes halogenated alkanes) is 3. The lowest BCUT2D eigenvalue weighted by atomic mass is 10.1. The van der Waals surface area contributed by atoms with Crippen molar-refractivity contribution in [2.75, 3.05) is 31.1 Å². The zero-order valence-electron chi connectivity index (χ0n) is 16.6. The summed E-state index contributed by atoms with van der Waals surface area (Å²) in [7, 11) is 0. The standard InChI is InChI=1S/C21H29FN4OS/c1-2-3-4-5-7-20(27)25-12-6-13-26(15-14-25)21-23-19(24-28-21)16-17-8-10-18(22)11-9-17/h8-11H,2-7,12-16H2,1H3. The number of benzene rings is 1. The van der Waals surface area contributed by atoms with Crippen LogP contribution in [0.4, 0.5) is 9.52 Å². The molecule has 0 radical (unpaired) electrons. The Morgan fingerprint density at radius 3 is 2.71 bits per heavy atom. The molecule has 1 fully saturated rings. The van der Waals surface area contributed by atoms with Gasteiger partial charge in [0.05, 0.1) is 0 Å². The molecule has 1 amide bonds. The molecule has 152 valence electrons. The van der Waals surface area contributed by atoms with Crippen LogP contribution in [0.25, 0.3) is 0 Å². The summed E-state index contributed by atoms with van der Waals surface area (Å²) < 4.78 is 17.5. The first-order valence-corrected chi connectivity index (χ1v) is 11.0. The van der Waals surface area contributed by atoms with E-state index in [4.69, 9.17) is 0 Å². The quantitative estimate of drug-likeness (QED) is 0.616. The number of hydrogen-bond acceptors (Lipinski definition) is 5. The van der Waals surface area contributed by atoms with Crippen LogP contribution >= 0.6 is 11.5 Å². The first-order chi connectivity index (χ1) is 13.7. The summed E-state index contributed by atoms with van der Waals surface area (Å²) in [5, 5.41) is 0.911. The Morgan fingerprint density at radius 2 is 1.93 bits per heavy atom. The maximum atomic E-state index is 13.0. The average Bonchev–Trinajstić information content (AvgIpc) is 3.01. The molecule has 1 aromatic carbocycles. The van der Waals surface area contributed by atoms with Gasteiger partial charge in [-0.25, -0.2) is 9.37 Å². The second-order valence-electron chi connectivity index (χ2n) is 7.33. The van der Waals surface area contributed by atoms with Crippen LogP contribution in [0.2, 0.25) is 0 Å². The van der Waals surface area contributed by atoms with E-state index >= 15 is 0 Å². The molecule has 0 aliphatic carbocycles. The van der Waals surface area contributed by atoms with Crippen molar-refractivity contribution in [2.24, 2.45) is 0 Å². The Labute approximate surface area is 170 Å². The van der Waals surface area contributed by atoms with Crippen LogP contribution in [0.5, 0.6) is 0 Å². The lowest BCUT2D eigenvalue weighted by molar-refractivity contribution is -0.131. The lowest BCUT2D eigenvalue weighted by Crippen LogP contribution is -2.35. The van der Waals surface area contributed by atoms with E-state index in [0.29, 0.717) is 12.8 Å². The molecule has 3 rings (SSSR count). The number of amides is 1. The highest BCUT2D eigenvalue weighted by Crippen LogP contribution is 2.21. The first kappa shape index (κ1) is 20.7. The van der Waals surface area contributed by atoms with Gasteiger partial charge in [-0.1, -0.05) is 38.3 Å². The lowest BCUT2D eigenvalue weighted by Gasteiger charge is -2.21. The van der Waals surface area contributed by atoms with Crippen molar-refractivity contribution in [3.8, 4) is 0 Å². The van der Waals surface area contributed by atoms with E-state index in [1.807, 2.05) is 4.90 Å². The van der Waals surface area contributed by atoms with Crippen molar-refractivity contribution in [1.29, 1.82) is 0 Å². The Hall–Kier alpha value is -2.02. The van der Waals surface area contributed by atoms with Gasteiger partial charge in [-0.05, 0) is 30.5 Å². The minimum atomic E-state index is -0.232. The molecule has 1 aliphatic heterocycles. The summed E-state index contributed by atoms with van der Waals surface area (Å²) in [5.74, 6) is 0.816. The van der Waals surface area contributed by atoms with Gasteiger partial charge in [0.25, 0.3) is 0 Å². The summed E-state index contributed by atoms with van der Waals surface area (Å²) in [6.07, 6.45) is 6.76. The number of rotatable bonds is 8. The van der Waals surface area contributed by atoms with E-state index in [1.165, 1.54) is 36.5 Å². The summed E-state index contributed by atoms with van der Waals surface area (Å²) >= 11 is 1.40. The van der Waals surface area contributed by atoms with Gasteiger partial charge < -0.3 is 9.80 Å². The molecule has 0 bridgehead atoms. The number of hydrogen-bond donors (Lipinski definition) is 0. The molecule has 2 aromatic rings. The van der Waals surface area contributed by atoms with Crippen molar-refractivity contribution < 1.29 is 9.18 Å². The van der Waals surface area contributed by atoms with Gasteiger partial charge in [-0.15, -0.1) is 0 Å². The van der Waals surface area contributed by atoms with Gasteiger partial charge in [0.15, 0.2) is 0 Å². The topological polar surface area (TPSA) is 49.3 Å². The van der Waals surface area contributed by atoms with Crippen LogP contribution < -0.4 is 4.90 Å². The van der Waals surface area contributed by atoms with Gasteiger partial charge in [-0.2, -0.15) is 4.37 Å². The van der Waals surface area contributed by atoms with E-state index in [0.717, 1.165) is 62.0 Å². The SMILES string of the molecule is CCCCCCC(=O)N1CCCN(c2nc(Cc3ccc(F)cc3)ns2)CC1. The predicted molar refractivity (Wildman–Crippen MR) is 111 cm³/mol. The van der Waals surface area contributed by atoms with E-state index in [2.05, 4.69) is 21.2 Å². The Morgan fingerprint density at radius 1 is 1.11 bits per heavy atom. The minimum Gasteiger partial charge on any atom is -0.345 e. The molecule has 0 saturated carbocycles. The van der Waals surface area contributed by atoms with Crippen LogP contribution in [0.15, 0.2) is 24.3 Å². The van der Waals surface area contributed by atoms with Crippen molar-refractivity contribution in [2.45, 2.75) is 51.9 Å². The third-order valence-electron chi connectivity index (χ3n) is 5.10. The van der Waals surface area contributed by atoms with Gasteiger partial charge in [0.2, 0.25) is 11.0 Å². The molecule has 28 heavy (non-hydrogen) atoms. The Bertz CT molecular complexity index is 749. The highest BCUT2D eigenvalue weighted by Gasteiger charge is 2.21. The largest absolute Gasteiger partial charge is 0.345 e. The molecule has 1 aromatic heterocycles. The number of halogens is 1. The Balaban J connectivity index is 1.50. The second kappa shape index (κ2) is 10.5. The van der Waals surface area contributed by atoms with Crippen molar-refractivity contribution in [3.05, 3.63) is 41.5 Å². The fourth-order valence-corrected chi connectivity index (χ4v) is 4.19. The van der Waals surface area contributed by atoms with E-state index in [9.17, 15) is 9.18 Å². The fraction of sp³-hybridized carbons (Fsp3) is 0.571. The third-order valence-corrected chi connectivity index (χ3v) is 5.91. The predicted octanol–water partition coefficient (Wildman–Crippen LogP) is 4.28. The van der Waals surface area contributed by atoms with Crippen LogP contribution in [0.1, 0.15) is 56.8 Å². The zero-order valence-corrected chi connectivity index (χ0v) is 17.4. The molecular weight excluding hydrogens is 375 g/mol. The summed E-state index contributed by atoms with van der Waals surface area (Å²) in [5.41, 5.74) is 1.00. The van der Waals surface area contributed by atoms with Crippen LogP contribution in [-0.4, -0.2) is 46.3 Å². The fourth-order valence-electron chi connectivity index (χ4n) is 3.45. The molecule has 0 N–H and O–H groups in total. The van der Waals surface area contributed by atoms with E-state index in [-0.39, 0.29) is 11.7 Å². The summed E-state index contributed by atoms with van der Waals surface area (Å²) in [6, 6.07) is 6.47. The van der Waals surface area contributed by atoms with Crippen molar-refractivity contribution >= 4 is 22.6 Å². The molecule has 7 heteroatoms. The highest BCUT2D eigenvalue weighted by molar-refractivity contribution is 7.09. The molecule has 0 unspecified atom stereocenters. The van der Waals surface area contributed by atoms with Crippen molar-refractivity contribution in [3.63, 3.8) is 0 Å². The normalized spacial score (nSPS) is 14.9. The van der Waals surface area contributed by atoms with E-state index < -0.39 is 0 Å². The molecule has 5 nitrogen and oxygen atoms in total. The molecule has 1 saturated heterocycles. The molecule has 0 spiro atoms. The van der Waals surface area contributed by atoms with Crippen LogP contribution in [0, 0.1) is 5.82 Å². The molecule has 0 atom stereocenters. The molecule has 1 aliphatic rings. The number of nitrogens with zero attached hydrogens (tertiary/aromatic N) is 4. The smallest absolute Gasteiger partial charge is 0.222 e. The average molecular weight is 405 g/mol. The summed E-state index contributed by atoms with van der Waals surface area (Å²) in [6.45, 7) is 5.45. The molecule has 2 heterocycles. The van der Waals surface area contributed by atoms with Gasteiger partial charge in [-0.3, -0.25) is 4.79 Å². The second-order valence-corrected chi connectivity index (χ2v) is 8.06. The van der Waals surface area contributed by atoms with E-state index in [1.54, 1.807) is 12.1 Å². The Kier molecular flexibility index (Phi) is 7.77. The number of carbonyl (C=O) groups excluding carboxylic acids is 1. The van der Waals surface area contributed by atoms with Crippen LogP contribution in [0.3, 0.4) is 0 Å². The number of anilines is 1. The minimum absolute atomic E-state index is 0.232. The van der Waals surface area contributed by atoms with Gasteiger partial charge in [0.1, 0.15) is 11.6 Å². The van der Waals surface area contributed by atoms with Gasteiger partial charge >= 0.3 is 0 Å².